The van der Waals surface area contributed by atoms with Crippen LogP contribution in [0, 0.1) is 5.92 Å². The van der Waals surface area contributed by atoms with Crippen LogP contribution in [0.2, 0.25) is 0 Å². The van der Waals surface area contributed by atoms with Gasteiger partial charge in [-0.25, -0.2) is 0 Å². The van der Waals surface area contributed by atoms with Crippen molar-refractivity contribution in [3.8, 4) is 0 Å². The summed E-state index contributed by atoms with van der Waals surface area (Å²) in [5, 5.41) is 3.61. The van der Waals surface area contributed by atoms with E-state index in [4.69, 9.17) is 0 Å². The molecule has 2 unspecified atom stereocenters. The van der Waals surface area contributed by atoms with Crippen LogP contribution in [0.4, 0.5) is 0 Å². The summed E-state index contributed by atoms with van der Waals surface area (Å²) in [5.74, 6) is 2.48. The molecule has 2 aliphatic rings. The Bertz CT molecular complexity index is 435. The van der Waals surface area contributed by atoms with Gasteiger partial charge in [0.05, 0.1) is 0 Å². The summed E-state index contributed by atoms with van der Waals surface area (Å²) in [7, 11) is 0. The summed E-state index contributed by atoms with van der Waals surface area (Å²) in [6, 6.07) is 9.64. The highest BCUT2D eigenvalue weighted by atomic mass is 14.8. The monoisotopic (exact) mass is 285 g/mol. The Morgan fingerprint density at radius 1 is 0.952 bits per heavy atom. The number of hydrogen-bond donors (Lipinski definition) is 1. The molecule has 2 aliphatic carbocycles. The summed E-state index contributed by atoms with van der Waals surface area (Å²) < 4.78 is 0. The van der Waals surface area contributed by atoms with Gasteiger partial charge in [-0.05, 0) is 67.7 Å². The third-order valence-electron chi connectivity index (χ3n) is 5.73. The molecule has 1 aromatic carbocycles. The van der Waals surface area contributed by atoms with Crippen LogP contribution in [0.3, 0.4) is 0 Å². The summed E-state index contributed by atoms with van der Waals surface area (Å²) in [4.78, 5) is 0. The van der Waals surface area contributed by atoms with Crippen LogP contribution in [0.25, 0.3) is 0 Å². The summed E-state index contributed by atoms with van der Waals surface area (Å²) in [6.45, 7) is 4.53. The third-order valence-corrected chi connectivity index (χ3v) is 5.73. The minimum atomic E-state index is 0.784. The Morgan fingerprint density at radius 2 is 1.76 bits per heavy atom. The predicted octanol–water partition coefficient (Wildman–Crippen LogP) is 5.23. The van der Waals surface area contributed by atoms with Gasteiger partial charge in [0.1, 0.15) is 0 Å². The van der Waals surface area contributed by atoms with Crippen LogP contribution < -0.4 is 5.32 Å². The smallest absolute Gasteiger partial charge is 0.00148 e. The molecule has 0 aliphatic heterocycles. The Hall–Kier alpha value is -0.820. The second kappa shape index (κ2) is 7.45. The first-order valence-corrected chi connectivity index (χ1v) is 9.19. The van der Waals surface area contributed by atoms with Crippen LogP contribution >= 0.6 is 0 Å². The van der Waals surface area contributed by atoms with Crippen LogP contribution in [0.1, 0.15) is 81.3 Å². The molecule has 0 amide bonds. The van der Waals surface area contributed by atoms with Crippen LogP contribution in [0.5, 0.6) is 0 Å². The molecule has 1 nitrogen and oxygen atoms in total. The highest BCUT2D eigenvalue weighted by molar-refractivity contribution is 5.30. The van der Waals surface area contributed by atoms with E-state index in [1.54, 1.807) is 11.1 Å². The van der Waals surface area contributed by atoms with E-state index in [0.717, 1.165) is 24.3 Å². The average Bonchev–Trinajstić information content (AvgIpc) is 2.69. The maximum Gasteiger partial charge on any atom is -0.00148 e. The SMILES string of the molecule is CCNCC1CCCCCC1c1cccc(C2CCC2)c1. The van der Waals surface area contributed by atoms with Crippen molar-refractivity contribution in [2.75, 3.05) is 13.1 Å². The molecule has 0 aromatic heterocycles. The summed E-state index contributed by atoms with van der Waals surface area (Å²) in [5.41, 5.74) is 3.24. The maximum absolute atomic E-state index is 3.61. The topological polar surface area (TPSA) is 12.0 Å². The van der Waals surface area contributed by atoms with E-state index < -0.39 is 0 Å². The molecule has 1 N–H and O–H groups in total. The van der Waals surface area contributed by atoms with Gasteiger partial charge in [0.15, 0.2) is 0 Å². The Labute approximate surface area is 130 Å². The van der Waals surface area contributed by atoms with E-state index in [1.165, 1.54) is 57.9 Å². The summed E-state index contributed by atoms with van der Waals surface area (Å²) >= 11 is 0. The first kappa shape index (κ1) is 15.1. The lowest BCUT2D eigenvalue weighted by molar-refractivity contribution is 0.377. The van der Waals surface area contributed by atoms with E-state index >= 15 is 0 Å². The minimum Gasteiger partial charge on any atom is -0.317 e. The van der Waals surface area contributed by atoms with Gasteiger partial charge < -0.3 is 5.32 Å². The third kappa shape index (κ3) is 3.69. The molecule has 0 bridgehead atoms. The van der Waals surface area contributed by atoms with Gasteiger partial charge in [0.2, 0.25) is 0 Å². The van der Waals surface area contributed by atoms with Crippen molar-refractivity contribution in [1.82, 2.24) is 5.32 Å². The van der Waals surface area contributed by atoms with E-state index in [2.05, 4.69) is 36.5 Å². The van der Waals surface area contributed by atoms with Crippen molar-refractivity contribution in [3.05, 3.63) is 35.4 Å². The van der Waals surface area contributed by atoms with E-state index in [-0.39, 0.29) is 0 Å². The van der Waals surface area contributed by atoms with Crippen molar-refractivity contribution < 1.29 is 0 Å². The molecule has 0 spiro atoms. The molecular weight excluding hydrogens is 254 g/mol. The van der Waals surface area contributed by atoms with Gasteiger partial charge in [-0.2, -0.15) is 0 Å². The number of nitrogens with one attached hydrogen (secondary N) is 1. The lowest BCUT2D eigenvalue weighted by Crippen LogP contribution is -2.26. The molecule has 1 heteroatoms. The van der Waals surface area contributed by atoms with Gasteiger partial charge in [-0.3, -0.25) is 0 Å². The molecule has 116 valence electrons. The van der Waals surface area contributed by atoms with Gasteiger partial charge in [0.25, 0.3) is 0 Å². The fourth-order valence-electron chi connectivity index (χ4n) is 4.18. The van der Waals surface area contributed by atoms with E-state index in [1.807, 2.05) is 0 Å². The first-order valence-electron chi connectivity index (χ1n) is 9.19. The van der Waals surface area contributed by atoms with Gasteiger partial charge >= 0.3 is 0 Å². The second-order valence-electron chi connectivity index (χ2n) is 7.11. The molecule has 2 atom stereocenters. The zero-order valence-electron chi connectivity index (χ0n) is 13.6. The minimum absolute atomic E-state index is 0.784. The molecule has 1 aromatic rings. The quantitative estimate of drug-likeness (QED) is 0.731. The fraction of sp³-hybridized carbons (Fsp3) is 0.700. The zero-order valence-corrected chi connectivity index (χ0v) is 13.6. The van der Waals surface area contributed by atoms with Crippen molar-refractivity contribution >= 4 is 0 Å². The highest BCUT2D eigenvalue weighted by Crippen LogP contribution is 2.40. The molecular formula is C20H31N. The Kier molecular flexibility index (Phi) is 5.35. The molecule has 2 fully saturated rings. The highest BCUT2D eigenvalue weighted by Gasteiger charge is 2.26. The summed E-state index contributed by atoms with van der Waals surface area (Å²) in [6.07, 6.45) is 11.3. The lowest BCUT2D eigenvalue weighted by atomic mass is 9.77. The van der Waals surface area contributed by atoms with Gasteiger partial charge in [0, 0.05) is 0 Å². The fourth-order valence-corrected chi connectivity index (χ4v) is 4.18. The predicted molar refractivity (Wildman–Crippen MR) is 90.9 cm³/mol. The van der Waals surface area contributed by atoms with E-state index in [9.17, 15) is 0 Å². The van der Waals surface area contributed by atoms with Crippen molar-refractivity contribution in [2.24, 2.45) is 5.92 Å². The molecule has 0 saturated heterocycles. The largest absolute Gasteiger partial charge is 0.317 e. The van der Waals surface area contributed by atoms with Crippen molar-refractivity contribution in [1.29, 1.82) is 0 Å². The molecule has 0 radical (unpaired) electrons. The van der Waals surface area contributed by atoms with Crippen LogP contribution in [-0.4, -0.2) is 13.1 Å². The number of rotatable bonds is 5. The standard InChI is InChI=1S/C20H31N/c1-2-21-15-19-8-4-3-5-13-20(19)18-12-7-11-17(14-18)16-9-6-10-16/h7,11-12,14,16,19-21H,2-6,8-10,13,15H2,1H3. The van der Waals surface area contributed by atoms with Crippen molar-refractivity contribution in [3.63, 3.8) is 0 Å². The lowest BCUT2D eigenvalue weighted by Gasteiger charge is -2.29. The number of hydrogen-bond acceptors (Lipinski definition) is 1. The van der Waals surface area contributed by atoms with Gasteiger partial charge in [-0.1, -0.05) is 56.9 Å². The zero-order chi connectivity index (χ0) is 14.5. The average molecular weight is 285 g/mol. The molecule has 0 heterocycles. The van der Waals surface area contributed by atoms with E-state index in [0.29, 0.717) is 0 Å². The molecule has 3 rings (SSSR count). The van der Waals surface area contributed by atoms with Crippen LogP contribution in [-0.2, 0) is 0 Å². The molecule has 2 saturated carbocycles. The maximum atomic E-state index is 3.61. The number of benzene rings is 1. The van der Waals surface area contributed by atoms with Crippen molar-refractivity contribution in [2.45, 2.75) is 70.1 Å². The van der Waals surface area contributed by atoms with Crippen LogP contribution in [0.15, 0.2) is 24.3 Å². The van der Waals surface area contributed by atoms with Gasteiger partial charge in [-0.15, -0.1) is 0 Å². The normalized spacial score (nSPS) is 27.1. The Morgan fingerprint density at radius 3 is 2.52 bits per heavy atom. The molecule has 21 heavy (non-hydrogen) atoms. The second-order valence-corrected chi connectivity index (χ2v) is 7.11. The first-order chi connectivity index (χ1) is 10.4. The Balaban J connectivity index is 1.77.